The number of hydrogen-bond acceptors (Lipinski definition) is 3. The van der Waals surface area contributed by atoms with E-state index >= 15 is 0 Å². The Kier molecular flexibility index (Phi) is 4.22. The molecule has 1 aliphatic rings. The van der Waals surface area contributed by atoms with Crippen molar-refractivity contribution in [1.29, 1.82) is 0 Å². The summed E-state index contributed by atoms with van der Waals surface area (Å²) < 4.78 is 1.41. The van der Waals surface area contributed by atoms with E-state index in [4.69, 9.17) is 0 Å². The normalized spacial score (nSPS) is 15.3. The van der Waals surface area contributed by atoms with Crippen LogP contribution in [-0.4, -0.2) is 27.6 Å². The number of carbonyl (C=O) groups is 2. The highest BCUT2D eigenvalue weighted by molar-refractivity contribution is 5.93. The predicted molar refractivity (Wildman–Crippen MR) is 84.7 cm³/mol. The minimum absolute atomic E-state index is 0.0344. The van der Waals surface area contributed by atoms with E-state index in [2.05, 4.69) is 10.4 Å². The fourth-order valence-electron chi connectivity index (χ4n) is 3.09. The third kappa shape index (κ3) is 3.03. The summed E-state index contributed by atoms with van der Waals surface area (Å²) in [6.07, 6.45) is 6.60. The standard InChI is InChI=1S/C17H21N3O2/c1-12-5-4-8-15-14(12)11-18-20(15)17(22)10-9-16(21)19-13-6-2-3-7-13/h4-5,8,11,13H,2-3,6-7,9-10H2,1H3,(H,19,21). The zero-order valence-corrected chi connectivity index (χ0v) is 12.8. The van der Waals surface area contributed by atoms with Gasteiger partial charge in [-0.1, -0.05) is 25.0 Å². The monoisotopic (exact) mass is 299 g/mol. The number of hydrogen-bond donors (Lipinski definition) is 1. The molecular weight excluding hydrogens is 278 g/mol. The van der Waals surface area contributed by atoms with Gasteiger partial charge in [-0.25, -0.2) is 4.68 Å². The van der Waals surface area contributed by atoms with E-state index in [0.29, 0.717) is 6.04 Å². The van der Waals surface area contributed by atoms with Crippen LogP contribution in [0.3, 0.4) is 0 Å². The van der Waals surface area contributed by atoms with Crippen LogP contribution in [0.2, 0.25) is 0 Å². The minimum atomic E-state index is -0.137. The van der Waals surface area contributed by atoms with Crippen LogP contribution in [0.25, 0.3) is 10.9 Å². The molecule has 1 N–H and O–H groups in total. The van der Waals surface area contributed by atoms with Crippen LogP contribution in [0.1, 0.15) is 48.9 Å². The van der Waals surface area contributed by atoms with Crippen LogP contribution in [0, 0.1) is 6.92 Å². The van der Waals surface area contributed by atoms with Gasteiger partial charge in [-0.05, 0) is 31.4 Å². The van der Waals surface area contributed by atoms with Crippen LogP contribution in [0.15, 0.2) is 24.4 Å². The molecular formula is C17H21N3O2. The SMILES string of the molecule is Cc1cccc2c1cnn2C(=O)CCC(=O)NC1CCCC1. The molecule has 22 heavy (non-hydrogen) atoms. The molecule has 1 aliphatic carbocycles. The molecule has 0 bridgehead atoms. The van der Waals surface area contributed by atoms with Crippen molar-refractivity contribution in [3.8, 4) is 0 Å². The van der Waals surface area contributed by atoms with E-state index in [1.165, 1.54) is 17.5 Å². The lowest BCUT2D eigenvalue weighted by Crippen LogP contribution is -2.33. The summed E-state index contributed by atoms with van der Waals surface area (Å²) in [4.78, 5) is 24.2. The van der Waals surface area contributed by atoms with Gasteiger partial charge in [0.2, 0.25) is 11.8 Å². The summed E-state index contributed by atoms with van der Waals surface area (Å²) >= 11 is 0. The number of aryl methyl sites for hydroxylation is 1. The zero-order valence-electron chi connectivity index (χ0n) is 12.8. The van der Waals surface area contributed by atoms with Crippen LogP contribution in [0.4, 0.5) is 0 Å². The van der Waals surface area contributed by atoms with Crippen molar-refractivity contribution in [1.82, 2.24) is 15.1 Å². The first-order valence-electron chi connectivity index (χ1n) is 7.91. The smallest absolute Gasteiger partial charge is 0.247 e. The number of amides is 1. The molecule has 3 rings (SSSR count). The lowest BCUT2D eigenvalue weighted by atomic mass is 10.1. The molecule has 1 heterocycles. The number of fused-ring (bicyclic) bond motifs is 1. The summed E-state index contributed by atoms with van der Waals surface area (Å²) in [5.41, 5.74) is 1.90. The van der Waals surface area contributed by atoms with Gasteiger partial charge in [-0.2, -0.15) is 5.10 Å². The molecule has 0 radical (unpaired) electrons. The maximum Gasteiger partial charge on any atom is 0.247 e. The quantitative estimate of drug-likeness (QED) is 0.944. The first kappa shape index (κ1) is 14.8. The molecule has 1 fully saturated rings. The first-order valence-corrected chi connectivity index (χ1v) is 7.91. The third-order valence-corrected chi connectivity index (χ3v) is 4.35. The van der Waals surface area contributed by atoms with E-state index in [-0.39, 0.29) is 24.7 Å². The molecule has 0 unspecified atom stereocenters. The Balaban J connectivity index is 1.61. The molecule has 5 nitrogen and oxygen atoms in total. The number of nitrogens with zero attached hydrogens (tertiary/aromatic N) is 2. The van der Waals surface area contributed by atoms with Crippen molar-refractivity contribution < 1.29 is 9.59 Å². The number of aromatic nitrogens is 2. The maximum absolute atomic E-state index is 12.3. The van der Waals surface area contributed by atoms with Crippen molar-refractivity contribution in [3.05, 3.63) is 30.0 Å². The van der Waals surface area contributed by atoms with E-state index in [0.717, 1.165) is 29.3 Å². The summed E-state index contributed by atoms with van der Waals surface area (Å²) in [7, 11) is 0. The Bertz CT molecular complexity index is 699. The highest BCUT2D eigenvalue weighted by atomic mass is 16.2. The lowest BCUT2D eigenvalue weighted by molar-refractivity contribution is -0.121. The second kappa shape index (κ2) is 6.30. The molecule has 5 heteroatoms. The van der Waals surface area contributed by atoms with Crippen molar-refractivity contribution in [2.75, 3.05) is 0 Å². The van der Waals surface area contributed by atoms with E-state index in [9.17, 15) is 9.59 Å². The largest absolute Gasteiger partial charge is 0.353 e. The maximum atomic E-state index is 12.3. The molecule has 1 amide bonds. The number of carbonyl (C=O) groups excluding carboxylic acids is 2. The molecule has 0 spiro atoms. The van der Waals surface area contributed by atoms with Gasteiger partial charge in [-0.3, -0.25) is 9.59 Å². The van der Waals surface area contributed by atoms with Gasteiger partial charge in [0.1, 0.15) is 0 Å². The lowest BCUT2D eigenvalue weighted by Gasteiger charge is -2.11. The highest BCUT2D eigenvalue weighted by Gasteiger charge is 2.18. The number of rotatable bonds is 4. The van der Waals surface area contributed by atoms with Gasteiger partial charge in [0.15, 0.2) is 0 Å². The molecule has 2 aromatic rings. The van der Waals surface area contributed by atoms with E-state index in [1.54, 1.807) is 6.20 Å². The summed E-state index contributed by atoms with van der Waals surface area (Å²) in [5, 5.41) is 8.16. The first-order chi connectivity index (χ1) is 10.6. The predicted octanol–water partition coefficient (Wildman–Crippen LogP) is 2.82. The molecule has 0 saturated heterocycles. The molecule has 1 saturated carbocycles. The van der Waals surface area contributed by atoms with Crippen molar-refractivity contribution in [2.45, 2.75) is 51.5 Å². The van der Waals surface area contributed by atoms with Gasteiger partial charge in [-0.15, -0.1) is 0 Å². The van der Waals surface area contributed by atoms with Crippen LogP contribution >= 0.6 is 0 Å². The molecule has 116 valence electrons. The minimum Gasteiger partial charge on any atom is -0.353 e. The van der Waals surface area contributed by atoms with Gasteiger partial charge in [0.25, 0.3) is 0 Å². The Morgan fingerprint density at radius 1 is 1.27 bits per heavy atom. The van der Waals surface area contributed by atoms with Crippen LogP contribution < -0.4 is 5.32 Å². The van der Waals surface area contributed by atoms with Crippen LogP contribution in [0.5, 0.6) is 0 Å². The number of nitrogens with one attached hydrogen (secondary N) is 1. The molecule has 1 aromatic carbocycles. The summed E-state index contributed by atoms with van der Waals surface area (Å²) in [6.45, 7) is 1.99. The highest BCUT2D eigenvalue weighted by Crippen LogP contribution is 2.19. The molecule has 0 atom stereocenters. The average molecular weight is 299 g/mol. The summed E-state index contributed by atoms with van der Waals surface area (Å²) in [5.74, 6) is -0.171. The van der Waals surface area contributed by atoms with Gasteiger partial charge in [0.05, 0.1) is 11.7 Å². The Morgan fingerprint density at radius 2 is 2.05 bits per heavy atom. The van der Waals surface area contributed by atoms with E-state index in [1.807, 2.05) is 25.1 Å². The van der Waals surface area contributed by atoms with Crippen molar-refractivity contribution in [2.24, 2.45) is 0 Å². The topological polar surface area (TPSA) is 64.0 Å². The fraction of sp³-hybridized carbons (Fsp3) is 0.471. The Labute approximate surface area is 129 Å². The fourth-order valence-corrected chi connectivity index (χ4v) is 3.09. The van der Waals surface area contributed by atoms with E-state index < -0.39 is 0 Å². The second-order valence-corrected chi connectivity index (χ2v) is 6.01. The third-order valence-electron chi connectivity index (χ3n) is 4.35. The Morgan fingerprint density at radius 3 is 2.82 bits per heavy atom. The molecule has 1 aromatic heterocycles. The van der Waals surface area contributed by atoms with Crippen LogP contribution in [-0.2, 0) is 4.79 Å². The zero-order chi connectivity index (χ0) is 15.5. The van der Waals surface area contributed by atoms with Crippen molar-refractivity contribution in [3.63, 3.8) is 0 Å². The summed E-state index contributed by atoms with van der Waals surface area (Å²) in [6, 6.07) is 6.09. The second-order valence-electron chi connectivity index (χ2n) is 6.01. The van der Waals surface area contributed by atoms with Gasteiger partial charge >= 0.3 is 0 Å². The van der Waals surface area contributed by atoms with Gasteiger partial charge < -0.3 is 5.32 Å². The molecule has 0 aliphatic heterocycles. The van der Waals surface area contributed by atoms with Crippen molar-refractivity contribution >= 4 is 22.7 Å². The number of benzene rings is 1. The van der Waals surface area contributed by atoms with Gasteiger partial charge in [0, 0.05) is 24.3 Å². The Hall–Kier alpha value is -2.17. The average Bonchev–Trinajstić information content (AvgIpc) is 3.14.